The van der Waals surface area contributed by atoms with Crippen LogP contribution in [0.4, 0.5) is 5.69 Å². The number of halogens is 1. The number of fused-ring (bicyclic) bond motifs is 1. The number of amides is 1. The molecule has 25 heavy (non-hydrogen) atoms. The van der Waals surface area contributed by atoms with Crippen molar-refractivity contribution in [3.8, 4) is 17.2 Å². The molecule has 2 aromatic carbocycles. The normalized spacial score (nSPS) is 13.2. The fourth-order valence-corrected chi connectivity index (χ4v) is 3.33. The maximum atomic E-state index is 13.1. The van der Waals surface area contributed by atoms with Gasteiger partial charge in [0.25, 0.3) is 5.91 Å². The Kier molecular flexibility index (Phi) is 5.04. The molecule has 0 atom stereocenters. The first-order chi connectivity index (χ1) is 12.1. The van der Waals surface area contributed by atoms with Crippen LogP contribution >= 0.6 is 11.6 Å². The van der Waals surface area contributed by atoms with E-state index in [1.54, 1.807) is 23.1 Å². The van der Waals surface area contributed by atoms with Crippen molar-refractivity contribution in [1.82, 2.24) is 0 Å². The zero-order chi connectivity index (χ0) is 18.0. The second-order valence-electron chi connectivity index (χ2n) is 5.75. The summed E-state index contributed by atoms with van der Waals surface area (Å²) in [6, 6.07) is 8.97. The summed E-state index contributed by atoms with van der Waals surface area (Å²) in [6.45, 7) is 0.657. The van der Waals surface area contributed by atoms with Crippen LogP contribution in [0.25, 0.3) is 0 Å². The van der Waals surface area contributed by atoms with Crippen LogP contribution in [0, 0.1) is 0 Å². The van der Waals surface area contributed by atoms with Crippen molar-refractivity contribution in [3.63, 3.8) is 0 Å². The summed E-state index contributed by atoms with van der Waals surface area (Å²) in [7, 11) is 4.60. The van der Waals surface area contributed by atoms with Crippen LogP contribution in [0.1, 0.15) is 22.3 Å². The number of carbonyl (C=O) groups excluding carboxylic acids is 1. The summed E-state index contributed by atoms with van der Waals surface area (Å²) >= 11 is 6.08. The quantitative estimate of drug-likeness (QED) is 0.827. The molecule has 0 aromatic heterocycles. The van der Waals surface area contributed by atoms with Gasteiger partial charge in [-0.1, -0.05) is 11.6 Å². The van der Waals surface area contributed by atoms with E-state index in [0.29, 0.717) is 34.4 Å². The van der Waals surface area contributed by atoms with Crippen LogP contribution in [0.15, 0.2) is 30.3 Å². The number of anilines is 1. The third-order valence-corrected chi connectivity index (χ3v) is 4.55. The van der Waals surface area contributed by atoms with Gasteiger partial charge < -0.3 is 19.1 Å². The van der Waals surface area contributed by atoms with Gasteiger partial charge in [0.1, 0.15) is 0 Å². The number of carbonyl (C=O) groups is 1. The van der Waals surface area contributed by atoms with E-state index in [-0.39, 0.29) is 5.91 Å². The molecule has 1 heterocycles. The van der Waals surface area contributed by atoms with E-state index in [4.69, 9.17) is 25.8 Å². The van der Waals surface area contributed by atoms with E-state index >= 15 is 0 Å². The van der Waals surface area contributed by atoms with Gasteiger partial charge in [0.15, 0.2) is 11.5 Å². The van der Waals surface area contributed by atoms with Crippen molar-refractivity contribution in [2.45, 2.75) is 12.8 Å². The number of benzene rings is 2. The lowest BCUT2D eigenvalue weighted by molar-refractivity contribution is 0.0984. The van der Waals surface area contributed by atoms with E-state index in [1.807, 2.05) is 12.1 Å². The van der Waals surface area contributed by atoms with Crippen molar-refractivity contribution in [2.24, 2.45) is 0 Å². The molecular weight excluding hydrogens is 342 g/mol. The molecule has 0 aliphatic carbocycles. The van der Waals surface area contributed by atoms with Crippen molar-refractivity contribution in [2.75, 3.05) is 32.8 Å². The number of hydrogen-bond acceptors (Lipinski definition) is 4. The highest BCUT2D eigenvalue weighted by Crippen LogP contribution is 2.39. The summed E-state index contributed by atoms with van der Waals surface area (Å²) in [5, 5.41) is 0.681. The molecule has 0 radical (unpaired) electrons. The highest BCUT2D eigenvalue weighted by atomic mass is 35.5. The molecule has 0 spiro atoms. The molecule has 0 saturated heterocycles. The predicted molar refractivity (Wildman–Crippen MR) is 97.5 cm³/mol. The number of rotatable bonds is 4. The van der Waals surface area contributed by atoms with Crippen LogP contribution < -0.4 is 19.1 Å². The minimum absolute atomic E-state index is 0.109. The Morgan fingerprint density at radius 1 is 1.04 bits per heavy atom. The highest BCUT2D eigenvalue weighted by Gasteiger charge is 2.26. The first-order valence-corrected chi connectivity index (χ1v) is 8.37. The fourth-order valence-electron chi connectivity index (χ4n) is 3.14. The Morgan fingerprint density at radius 3 is 2.32 bits per heavy atom. The largest absolute Gasteiger partial charge is 0.493 e. The maximum absolute atomic E-state index is 13.1. The SMILES string of the molecule is COc1cc(C(=O)N2CCCc3cc(Cl)ccc32)cc(OC)c1OC. The molecule has 132 valence electrons. The van der Waals surface area contributed by atoms with Gasteiger partial charge in [0.2, 0.25) is 5.75 Å². The molecule has 1 aliphatic rings. The third kappa shape index (κ3) is 3.24. The molecule has 6 heteroatoms. The van der Waals surface area contributed by atoms with Crippen LogP contribution in [-0.2, 0) is 6.42 Å². The Hall–Kier alpha value is -2.40. The number of aryl methyl sites for hydroxylation is 1. The van der Waals surface area contributed by atoms with Gasteiger partial charge in [-0.2, -0.15) is 0 Å². The van der Waals surface area contributed by atoms with E-state index in [1.165, 1.54) is 21.3 Å². The van der Waals surface area contributed by atoms with Crippen LogP contribution in [0.3, 0.4) is 0 Å². The van der Waals surface area contributed by atoms with Crippen molar-refractivity contribution in [1.29, 1.82) is 0 Å². The molecule has 1 amide bonds. The Morgan fingerprint density at radius 2 is 1.72 bits per heavy atom. The zero-order valence-electron chi connectivity index (χ0n) is 14.5. The molecule has 3 rings (SSSR count). The van der Waals surface area contributed by atoms with Crippen molar-refractivity contribution in [3.05, 3.63) is 46.5 Å². The average molecular weight is 362 g/mol. The minimum atomic E-state index is -0.109. The van der Waals surface area contributed by atoms with Gasteiger partial charge >= 0.3 is 0 Å². The van der Waals surface area contributed by atoms with E-state index in [2.05, 4.69) is 0 Å². The molecule has 0 saturated carbocycles. The molecule has 2 aromatic rings. The molecular formula is C19H20ClNO4. The van der Waals surface area contributed by atoms with E-state index < -0.39 is 0 Å². The Labute approximate surface area is 152 Å². The minimum Gasteiger partial charge on any atom is -0.493 e. The lowest BCUT2D eigenvalue weighted by atomic mass is 10.0. The summed E-state index contributed by atoms with van der Waals surface area (Å²) in [5.74, 6) is 1.27. The van der Waals surface area contributed by atoms with Gasteiger partial charge in [-0.3, -0.25) is 4.79 Å². The van der Waals surface area contributed by atoms with Crippen LogP contribution in [0.5, 0.6) is 17.2 Å². The standard InChI is InChI=1S/C19H20ClNO4/c1-23-16-10-13(11-17(24-2)18(16)25-3)19(22)21-8-4-5-12-9-14(20)6-7-15(12)21/h6-7,9-11H,4-5,8H2,1-3H3. The van der Waals surface area contributed by atoms with Crippen molar-refractivity contribution < 1.29 is 19.0 Å². The summed E-state index contributed by atoms with van der Waals surface area (Å²) in [4.78, 5) is 14.9. The lowest BCUT2D eigenvalue weighted by Gasteiger charge is -2.30. The Bertz CT molecular complexity index is 781. The monoisotopic (exact) mass is 361 g/mol. The lowest BCUT2D eigenvalue weighted by Crippen LogP contribution is -2.35. The third-order valence-electron chi connectivity index (χ3n) is 4.32. The van der Waals surface area contributed by atoms with E-state index in [9.17, 15) is 4.79 Å². The Balaban J connectivity index is 2.02. The molecule has 0 N–H and O–H groups in total. The molecule has 0 unspecified atom stereocenters. The van der Waals surface area contributed by atoms with Gasteiger partial charge in [0.05, 0.1) is 21.3 Å². The van der Waals surface area contributed by atoms with Gasteiger partial charge in [-0.25, -0.2) is 0 Å². The summed E-state index contributed by atoms with van der Waals surface area (Å²) in [6.07, 6.45) is 1.80. The molecule has 1 aliphatic heterocycles. The smallest absolute Gasteiger partial charge is 0.258 e. The average Bonchev–Trinajstić information content (AvgIpc) is 2.65. The fraction of sp³-hybridized carbons (Fsp3) is 0.316. The van der Waals surface area contributed by atoms with Crippen molar-refractivity contribution >= 4 is 23.2 Å². The summed E-state index contributed by atoms with van der Waals surface area (Å²) in [5.41, 5.74) is 2.46. The van der Waals surface area contributed by atoms with Gasteiger partial charge in [0, 0.05) is 22.8 Å². The number of ether oxygens (including phenoxy) is 3. The zero-order valence-corrected chi connectivity index (χ0v) is 15.2. The maximum Gasteiger partial charge on any atom is 0.258 e. The van der Waals surface area contributed by atoms with Gasteiger partial charge in [-0.15, -0.1) is 0 Å². The number of methoxy groups -OCH3 is 3. The highest BCUT2D eigenvalue weighted by molar-refractivity contribution is 6.30. The van der Waals surface area contributed by atoms with Crippen LogP contribution in [0.2, 0.25) is 5.02 Å². The predicted octanol–water partition coefficient (Wildman–Crippen LogP) is 3.96. The number of nitrogens with zero attached hydrogens (tertiary/aromatic N) is 1. The van der Waals surface area contributed by atoms with E-state index in [0.717, 1.165) is 24.1 Å². The first-order valence-electron chi connectivity index (χ1n) is 7.99. The first kappa shape index (κ1) is 17.4. The van der Waals surface area contributed by atoms with Crippen LogP contribution in [-0.4, -0.2) is 33.8 Å². The second kappa shape index (κ2) is 7.23. The summed E-state index contributed by atoms with van der Waals surface area (Å²) < 4.78 is 16.0. The number of hydrogen-bond donors (Lipinski definition) is 0. The molecule has 5 nitrogen and oxygen atoms in total. The molecule has 0 fully saturated rings. The topological polar surface area (TPSA) is 48.0 Å². The second-order valence-corrected chi connectivity index (χ2v) is 6.18. The molecule has 0 bridgehead atoms. The van der Waals surface area contributed by atoms with Gasteiger partial charge in [-0.05, 0) is 48.7 Å².